The molecule has 1 aromatic heterocycles. The molecule has 132 valence electrons. The van der Waals surface area contributed by atoms with Gasteiger partial charge in [-0.3, -0.25) is 0 Å². The third-order valence-electron chi connectivity index (χ3n) is 4.41. The Hall–Kier alpha value is -1.77. The lowest BCUT2D eigenvalue weighted by molar-refractivity contribution is -0.142. The van der Waals surface area contributed by atoms with Gasteiger partial charge in [0.05, 0.1) is 22.2 Å². The maximum Gasteiger partial charge on any atom is 0.418 e. The van der Waals surface area contributed by atoms with Crippen molar-refractivity contribution in [2.75, 3.05) is 0 Å². The minimum absolute atomic E-state index is 0.116. The number of nitrogens with two attached hydrogens (primary N) is 1. The number of hydrogen-bond donors (Lipinski definition) is 2. The van der Waals surface area contributed by atoms with E-state index in [0.717, 1.165) is 12.8 Å². The lowest BCUT2D eigenvalue weighted by Crippen LogP contribution is -2.31. The van der Waals surface area contributed by atoms with Crippen LogP contribution in [-0.2, 0) is 12.4 Å². The number of halogens is 6. The van der Waals surface area contributed by atoms with Crippen LogP contribution in [0.25, 0.3) is 11.0 Å². The van der Waals surface area contributed by atoms with Crippen LogP contribution in [0, 0.1) is 0 Å². The van der Waals surface area contributed by atoms with Crippen molar-refractivity contribution in [1.29, 1.82) is 0 Å². The van der Waals surface area contributed by atoms with Crippen molar-refractivity contribution >= 4 is 11.0 Å². The second-order valence-corrected chi connectivity index (χ2v) is 6.09. The zero-order chi connectivity index (χ0) is 17.7. The first kappa shape index (κ1) is 17.1. The van der Waals surface area contributed by atoms with Crippen LogP contribution in [0.5, 0.6) is 0 Å². The normalized spacial score (nSPS) is 23.0. The second kappa shape index (κ2) is 5.65. The van der Waals surface area contributed by atoms with Crippen LogP contribution >= 0.6 is 0 Å². The summed E-state index contributed by atoms with van der Waals surface area (Å²) < 4.78 is 78.2. The molecule has 1 unspecified atom stereocenters. The largest absolute Gasteiger partial charge is 0.418 e. The first-order chi connectivity index (χ1) is 11.1. The van der Waals surface area contributed by atoms with Gasteiger partial charge in [-0.15, -0.1) is 0 Å². The van der Waals surface area contributed by atoms with Crippen LogP contribution in [0.2, 0.25) is 0 Å². The highest BCUT2D eigenvalue weighted by Gasteiger charge is 2.39. The van der Waals surface area contributed by atoms with Crippen LogP contribution in [-0.4, -0.2) is 16.0 Å². The Morgan fingerprint density at radius 2 is 1.67 bits per heavy atom. The smallest absolute Gasteiger partial charge is 0.341 e. The molecule has 1 aliphatic rings. The summed E-state index contributed by atoms with van der Waals surface area (Å²) in [4.78, 5) is 6.57. The van der Waals surface area contributed by atoms with Crippen LogP contribution in [0.15, 0.2) is 12.1 Å². The summed E-state index contributed by atoms with van der Waals surface area (Å²) in [7, 11) is 0. The van der Waals surface area contributed by atoms with Gasteiger partial charge in [-0.05, 0) is 25.0 Å². The lowest BCUT2D eigenvalue weighted by Gasteiger charge is -2.26. The number of benzene rings is 1. The van der Waals surface area contributed by atoms with Gasteiger partial charge in [0.25, 0.3) is 0 Å². The molecule has 0 bridgehead atoms. The molecule has 2 atom stereocenters. The van der Waals surface area contributed by atoms with Crippen molar-refractivity contribution in [2.24, 2.45) is 5.73 Å². The molecule has 0 amide bonds. The standard InChI is InChI=1S/C15H15F6N3/c16-14(17,18)7-5-9(15(19,20)21)12-11(6-7)23-13(24-12)8-3-1-2-4-10(8)22/h5-6,8,10H,1-4,22H2,(H,23,24)/t8?,10-/m1/s1. The van der Waals surface area contributed by atoms with Crippen molar-refractivity contribution in [1.82, 2.24) is 9.97 Å². The molecule has 1 saturated carbocycles. The molecule has 0 aliphatic heterocycles. The molecule has 1 fully saturated rings. The zero-order valence-electron chi connectivity index (χ0n) is 12.4. The molecule has 3 rings (SSSR count). The second-order valence-electron chi connectivity index (χ2n) is 6.09. The summed E-state index contributed by atoms with van der Waals surface area (Å²) in [5, 5.41) is 0. The third kappa shape index (κ3) is 3.09. The van der Waals surface area contributed by atoms with Gasteiger partial charge in [-0.1, -0.05) is 12.8 Å². The van der Waals surface area contributed by atoms with Crippen LogP contribution in [0.1, 0.15) is 48.6 Å². The van der Waals surface area contributed by atoms with Gasteiger partial charge in [0.2, 0.25) is 0 Å². The molecule has 3 nitrogen and oxygen atoms in total. The maximum absolute atomic E-state index is 13.2. The fourth-order valence-electron chi connectivity index (χ4n) is 3.19. The van der Waals surface area contributed by atoms with Crippen molar-refractivity contribution in [3.63, 3.8) is 0 Å². The van der Waals surface area contributed by atoms with Gasteiger partial charge < -0.3 is 10.7 Å². The quantitative estimate of drug-likeness (QED) is 0.739. The van der Waals surface area contributed by atoms with E-state index in [1.54, 1.807) is 0 Å². The topological polar surface area (TPSA) is 54.7 Å². The Labute approximate surface area is 133 Å². The number of H-pyrrole nitrogens is 1. The van der Waals surface area contributed by atoms with Crippen molar-refractivity contribution in [3.05, 3.63) is 29.1 Å². The predicted octanol–water partition coefficient (Wildman–Crippen LogP) is 4.59. The van der Waals surface area contributed by atoms with Crippen molar-refractivity contribution in [3.8, 4) is 0 Å². The van der Waals surface area contributed by atoms with E-state index in [1.165, 1.54) is 0 Å². The van der Waals surface area contributed by atoms with E-state index in [2.05, 4.69) is 9.97 Å². The first-order valence-corrected chi connectivity index (χ1v) is 7.51. The summed E-state index contributed by atoms with van der Waals surface area (Å²) in [6.45, 7) is 0. The highest BCUT2D eigenvalue weighted by atomic mass is 19.4. The monoisotopic (exact) mass is 351 g/mol. The molecule has 0 spiro atoms. The van der Waals surface area contributed by atoms with E-state index < -0.39 is 29.0 Å². The Bertz CT molecular complexity index is 746. The van der Waals surface area contributed by atoms with Gasteiger partial charge in [-0.25, -0.2) is 4.98 Å². The summed E-state index contributed by atoms with van der Waals surface area (Å²) in [5.74, 6) is -0.0522. The van der Waals surface area contributed by atoms with Crippen LogP contribution in [0.3, 0.4) is 0 Å². The summed E-state index contributed by atoms with van der Waals surface area (Å²) >= 11 is 0. The molecule has 1 heterocycles. The number of alkyl halides is 6. The number of nitrogens with one attached hydrogen (secondary N) is 1. The van der Waals surface area contributed by atoms with E-state index in [9.17, 15) is 26.3 Å². The number of hydrogen-bond acceptors (Lipinski definition) is 2. The molecule has 1 aromatic carbocycles. The Morgan fingerprint density at radius 1 is 1.00 bits per heavy atom. The van der Waals surface area contributed by atoms with E-state index in [4.69, 9.17) is 5.73 Å². The average Bonchev–Trinajstić information content (AvgIpc) is 2.88. The predicted molar refractivity (Wildman–Crippen MR) is 75.3 cm³/mol. The van der Waals surface area contributed by atoms with Gasteiger partial charge in [0.15, 0.2) is 0 Å². The molecular formula is C15H15F6N3. The minimum Gasteiger partial charge on any atom is -0.341 e. The van der Waals surface area contributed by atoms with Crippen LogP contribution < -0.4 is 5.73 Å². The molecule has 0 radical (unpaired) electrons. The summed E-state index contributed by atoms with van der Waals surface area (Å²) in [6.07, 6.45) is -6.66. The highest BCUT2D eigenvalue weighted by Crippen LogP contribution is 2.40. The average molecular weight is 351 g/mol. The third-order valence-corrected chi connectivity index (χ3v) is 4.41. The number of aromatic amines is 1. The Kier molecular flexibility index (Phi) is 4.01. The lowest BCUT2D eigenvalue weighted by atomic mass is 9.84. The van der Waals surface area contributed by atoms with E-state index in [-0.39, 0.29) is 29.4 Å². The van der Waals surface area contributed by atoms with Crippen LogP contribution in [0.4, 0.5) is 26.3 Å². The molecular weight excluding hydrogens is 336 g/mol. The maximum atomic E-state index is 13.2. The number of fused-ring (bicyclic) bond motifs is 1. The molecule has 0 saturated heterocycles. The summed E-state index contributed by atoms with van der Waals surface area (Å²) in [6, 6.07) is 0.486. The SMILES string of the molecule is N[C@@H]1CCCCC1c1nc2cc(C(F)(F)F)cc(C(F)(F)F)c2[nH]1. The minimum atomic E-state index is -4.92. The highest BCUT2D eigenvalue weighted by molar-refractivity contribution is 5.80. The van der Waals surface area contributed by atoms with Gasteiger partial charge in [0, 0.05) is 12.0 Å². The van der Waals surface area contributed by atoms with Gasteiger partial charge in [0.1, 0.15) is 5.82 Å². The zero-order valence-corrected chi connectivity index (χ0v) is 12.4. The Morgan fingerprint density at radius 3 is 2.25 bits per heavy atom. The first-order valence-electron chi connectivity index (χ1n) is 7.51. The number of nitrogens with zero attached hydrogens (tertiary/aromatic N) is 1. The van der Waals surface area contributed by atoms with E-state index >= 15 is 0 Å². The fraction of sp³-hybridized carbons (Fsp3) is 0.533. The molecule has 2 aromatic rings. The molecule has 24 heavy (non-hydrogen) atoms. The van der Waals surface area contributed by atoms with E-state index in [1.807, 2.05) is 0 Å². The van der Waals surface area contributed by atoms with Gasteiger partial charge >= 0.3 is 12.4 Å². The van der Waals surface area contributed by atoms with Gasteiger partial charge in [-0.2, -0.15) is 26.3 Å². The Balaban J connectivity index is 2.17. The number of imidazole rings is 1. The number of aromatic nitrogens is 2. The summed E-state index contributed by atoms with van der Waals surface area (Å²) in [5.41, 5.74) is 2.49. The number of rotatable bonds is 1. The molecule has 3 N–H and O–H groups in total. The fourth-order valence-corrected chi connectivity index (χ4v) is 3.19. The molecule has 9 heteroatoms. The van der Waals surface area contributed by atoms with E-state index in [0.29, 0.717) is 18.9 Å². The van der Waals surface area contributed by atoms with Crippen molar-refractivity contribution < 1.29 is 26.3 Å². The van der Waals surface area contributed by atoms with Crippen molar-refractivity contribution in [2.45, 2.75) is 50.0 Å². The molecule has 1 aliphatic carbocycles.